The van der Waals surface area contributed by atoms with Crippen LogP contribution in [-0.2, 0) is 0 Å². The summed E-state index contributed by atoms with van der Waals surface area (Å²) in [6.45, 7) is 0. The molecule has 33 heavy (non-hydrogen) atoms. The molecule has 2 aromatic heterocycles. The van der Waals surface area contributed by atoms with E-state index in [4.69, 9.17) is 4.74 Å². The molecule has 0 atom stereocenters. The second kappa shape index (κ2) is 8.64. The minimum Gasteiger partial charge on any atom is -0.426 e. The third-order valence-electron chi connectivity index (χ3n) is 4.76. The lowest BCUT2D eigenvalue weighted by molar-refractivity contribution is -0.654. The molecule has 0 unspecified atom stereocenters. The van der Waals surface area contributed by atoms with Gasteiger partial charge in [0, 0.05) is 29.9 Å². The highest BCUT2D eigenvalue weighted by atomic mass is 19.4. The third kappa shape index (κ3) is 5.18. The van der Waals surface area contributed by atoms with Gasteiger partial charge in [0.2, 0.25) is 5.69 Å². The molecule has 3 aromatic rings. The Kier molecular flexibility index (Phi) is 5.88. The fraction of sp³-hybridized carbons (Fsp3) is 0.227. The van der Waals surface area contributed by atoms with E-state index in [0.29, 0.717) is 5.56 Å². The Balaban J connectivity index is 1.56. The van der Waals surface area contributed by atoms with Gasteiger partial charge < -0.3 is 9.47 Å². The summed E-state index contributed by atoms with van der Waals surface area (Å²) < 4.78 is 74.2. The van der Waals surface area contributed by atoms with Crippen LogP contribution in [0.25, 0.3) is 0 Å². The summed E-state index contributed by atoms with van der Waals surface area (Å²) in [6, 6.07) is 12.5. The minimum atomic E-state index is -5.84. The van der Waals surface area contributed by atoms with Gasteiger partial charge in [-0.15, -0.1) is 5.43 Å². The molecule has 0 bridgehead atoms. The van der Waals surface area contributed by atoms with Crippen LogP contribution in [0.2, 0.25) is 0 Å². The Morgan fingerprint density at radius 1 is 0.939 bits per heavy atom. The van der Waals surface area contributed by atoms with Gasteiger partial charge in [0.15, 0.2) is 0 Å². The number of alkyl halides is 5. The molecule has 1 aliphatic rings. The number of pyridine rings is 2. The van der Waals surface area contributed by atoms with Crippen molar-refractivity contribution >= 4 is 5.91 Å². The van der Waals surface area contributed by atoms with Gasteiger partial charge in [-0.2, -0.15) is 22.0 Å². The molecule has 172 valence electrons. The van der Waals surface area contributed by atoms with Crippen molar-refractivity contribution in [1.82, 2.24) is 4.98 Å². The van der Waals surface area contributed by atoms with Crippen LogP contribution in [0.15, 0.2) is 67.0 Å². The number of rotatable bonds is 7. The summed E-state index contributed by atoms with van der Waals surface area (Å²) in [4.78, 5) is 16.6. The molecule has 1 fully saturated rings. The first-order valence-electron chi connectivity index (χ1n) is 9.82. The van der Waals surface area contributed by atoms with Crippen LogP contribution >= 0.6 is 0 Å². The molecular formula is C22H17F5N3O3+. The van der Waals surface area contributed by atoms with Gasteiger partial charge >= 0.3 is 24.1 Å². The predicted molar refractivity (Wildman–Crippen MR) is 105 cm³/mol. The Morgan fingerprint density at radius 3 is 2.18 bits per heavy atom. The topological polar surface area (TPSA) is 64.3 Å². The zero-order chi connectivity index (χ0) is 23.6. The third-order valence-corrected chi connectivity index (χ3v) is 4.76. The monoisotopic (exact) mass is 466 g/mol. The van der Waals surface area contributed by atoms with E-state index in [0.717, 1.165) is 30.7 Å². The molecule has 2 heterocycles. The lowest BCUT2D eigenvalue weighted by atomic mass is 10.2. The number of aromatic nitrogens is 2. The quantitative estimate of drug-likeness (QED) is 0.395. The highest BCUT2D eigenvalue weighted by Gasteiger charge is 2.61. The fourth-order valence-electron chi connectivity index (χ4n) is 2.97. The maximum Gasteiger partial charge on any atom is 0.499 e. The van der Waals surface area contributed by atoms with Crippen molar-refractivity contribution < 1.29 is 40.9 Å². The molecule has 1 amide bonds. The molecular weight excluding hydrogens is 449 g/mol. The maximum atomic E-state index is 13.1. The number of ether oxygens (including phenoxy) is 2. The summed E-state index contributed by atoms with van der Waals surface area (Å²) in [6.07, 6.45) is -6.33. The van der Waals surface area contributed by atoms with Crippen LogP contribution in [0, 0.1) is 0 Å². The average molecular weight is 466 g/mol. The molecule has 0 saturated heterocycles. The first kappa shape index (κ1) is 22.4. The summed E-state index contributed by atoms with van der Waals surface area (Å²) in [7, 11) is 0. The van der Waals surface area contributed by atoms with Crippen molar-refractivity contribution in [2.75, 3.05) is 5.43 Å². The van der Waals surface area contributed by atoms with E-state index in [1.54, 1.807) is 24.3 Å². The number of carbonyl (C=O) groups is 1. The highest BCUT2D eigenvalue weighted by molar-refractivity contribution is 5.98. The maximum absolute atomic E-state index is 13.1. The number of hydrogen-bond donors (Lipinski definition) is 1. The van der Waals surface area contributed by atoms with Crippen molar-refractivity contribution in [1.29, 1.82) is 0 Å². The number of amides is 1. The van der Waals surface area contributed by atoms with Gasteiger partial charge in [-0.3, -0.25) is 9.78 Å². The molecule has 1 N–H and O–H groups in total. The van der Waals surface area contributed by atoms with Crippen molar-refractivity contribution in [2.24, 2.45) is 0 Å². The normalized spacial score (nSPS) is 14.0. The van der Waals surface area contributed by atoms with E-state index in [1.807, 2.05) is 6.07 Å². The molecule has 4 rings (SSSR count). The van der Waals surface area contributed by atoms with Gasteiger partial charge in [-0.05, 0) is 60.0 Å². The number of halogens is 5. The fourth-order valence-corrected chi connectivity index (χ4v) is 2.97. The molecule has 0 spiro atoms. The van der Waals surface area contributed by atoms with Crippen LogP contribution in [0.1, 0.15) is 34.8 Å². The Bertz CT molecular complexity index is 1130. The second-order valence-corrected chi connectivity index (χ2v) is 7.27. The number of nitrogens with one attached hydrogen (secondary N) is 1. The number of hydrogen-bond acceptors (Lipinski definition) is 4. The molecule has 0 radical (unpaired) electrons. The first-order valence-corrected chi connectivity index (χ1v) is 9.82. The summed E-state index contributed by atoms with van der Waals surface area (Å²) in [5, 5.41) is 0. The van der Waals surface area contributed by atoms with Crippen LogP contribution < -0.4 is 19.6 Å². The van der Waals surface area contributed by atoms with E-state index < -0.39 is 23.9 Å². The summed E-state index contributed by atoms with van der Waals surface area (Å²) >= 11 is 0. The molecule has 1 saturated carbocycles. The lowest BCUT2D eigenvalue weighted by Gasteiger charge is -2.20. The Labute approximate surface area is 184 Å². The van der Waals surface area contributed by atoms with Crippen molar-refractivity contribution in [3.63, 3.8) is 0 Å². The zero-order valence-corrected chi connectivity index (χ0v) is 16.9. The van der Waals surface area contributed by atoms with Crippen LogP contribution in [0.3, 0.4) is 0 Å². The molecule has 6 nitrogen and oxygen atoms in total. The van der Waals surface area contributed by atoms with Gasteiger partial charge in [0.1, 0.15) is 11.5 Å². The Morgan fingerprint density at radius 2 is 1.58 bits per heavy atom. The van der Waals surface area contributed by atoms with E-state index in [9.17, 15) is 26.7 Å². The summed E-state index contributed by atoms with van der Waals surface area (Å²) in [5.41, 5.74) is 3.95. The number of carbonyl (C=O) groups excluding carboxylic acids is 1. The zero-order valence-electron chi connectivity index (χ0n) is 16.9. The lowest BCUT2D eigenvalue weighted by Crippen LogP contribution is -2.52. The second-order valence-electron chi connectivity index (χ2n) is 7.27. The van der Waals surface area contributed by atoms with Gasteiger partial charge in [0.05, 0.1) is 6.07 Å². The number of benzene rings is 1. The van der Waals surface area contributed by atoms with E-state index in [2.05, 4.69) is 15.1 Å². The first-order chi connectivity index (χ1) is 15.6. The smallest absolute Gasteiger partial charge is 0.426 e. The van der Waals surface area contributed by atoms with Crippen LogP contribution in [0.4, 0.5) is 22.0 Å². The molecule has 0 aliphatic heterocycles. The highest BCUT2D eigenvalue weighted by Crippen LogP contribution is 2.39. The standard InChI is InChI=1S/C22H16F5N3O3/c23-21(24,25)22(26,27)33-17-8-6-16(7-9-17)32-19-3-1-2-18(14-4-5-14)30(19)29-20(31)15-10-12-28-13-11-15/h1-3,6-14H,4-5H2/p+1. The van der Waals surface area contributed by atoms with Crippen LogP contribution in [0.5, 0.6) is 17.4 Å². The van der Waals surface area contributed by atoms with E-state index in [1.165, 1.54) is 29.2 Å². The number of nitrogens with zero attached hydrogens (tertiary/aromatic N) is 2. The molecule has 11 heteroatoms. The minimum absolute atomic E-state index is 0.137. The largest absolute Gasteiger partial charge is 0.499 e. The van der Waals surface area contributed by atoms with Crippen LogP contribution in [-0.4, -0.2) is 23.2 Å². The van der Waals surface area contributed by atoms with Crippen molar-refractivity contribution in [2.45, 2.75) is 31.0 Å². The SMILES string of the molecule is O=C(N[n+]1c(Oc2ccc(OC(F)(F)C(F)(F)F)cc2)cccc1C1CC1)c1ccncc1. The Hall–Kier alpha value is -3.76. The van der Waals surface area contributed by atoms with Crippen molar-refractivity contribution in [3.8, 4) is 17.4 Å². The van der Waals surface area contributed by atoms with E-state index in [-0.39, 0.29) is 17.5 Å². The van der Waals surface area contributed by atoms with Gasteiger partial charge in [0.25, 0.3) is 0 Å². The summed E-state index contributed by atoms with van der Waals surface area (Å²) in [5.74, 6) is -0.506. The van der Waals surface area contributed by atoms with Gasteiger partial charge in [-0.25, -0.2) is 0 Å². The molecule has 1 aliphatic carbocycles. The average Bonchev–Trinajstić information content (AvgIpc) is 3.61. The van der Waals surface area contributed by atoms with Gasteiger partial charge in [-0.1, -0.05) is 0 Å². The van der Waals surface area contributed by atoms with Crippen molar-refractivity contribution in [3.05, 3.63) is 78.2 Å². The molecule has 1 aromatic carbocycles. The predicted octanol–water partition coefficient (Wildman–Crippen LogP) is 4.96. The van der Waals surface area contributed by atoms with E-state index >= 15 is 0 Å².